The lowest BCUT2D eigenvalue weighted by atomic mass is 9.98. The zero-order valence-corrected chi connectivity index (χ0v) is 16.5. The molecule has 1 aromatic carbocycles. The van der Waals surface area contributed by atoms with Crippen LogP contribution in [-0.2, 0) is 6.54 Å². The second-order valence-corrected chi connectivity index (χ2v) is 6.81. The van der Waals surface area contributed by atoms with Crippen LogP contribution in [0.3, 0.4) is 0 Å². The number of rotatable bonds is 5. The Morgan fingerprint density at radius 3 is 2.63 bits per heavy atom. The topological polar surface area (TPSA) is 56.2 Å². The van der Waals surface area contributed by atoms with E-state index in [2.05, 4.69) is 48.0 Å². The number of nitrogens with two attached hydrogens (primary N) is 1. The first-order valence-corrected chi connectivity index (χ1v) is 9.09. The van der Waals surface area contributed by atoms with Crippen molar-refractivity contribution in [2.45, 2.75) is 34.2 Å². The highest BCUT2D eigenvalue weighted by Crippen LogP contribution is 2.30. The molecule has 0 atom stereocenters. The third kappa shape index (κ3) is 3.62. The number of hydrogen-bond acceptors (Lipinski definition) is 3. The Morgan fingerprint density at radius 1 is 1.19 bits per heavy atom. The fourth-order valence-electron chi connectivity index (χ4n) is 3.32. The van der Waals surface area contributed by atoms with E-state index in [-0.39, 0.29) is 0 Å². The van der Waals surface area contributed by atoms with Gasteiger partial charge in [-0.1, -0.05) is 54.6 Å². The predicted octanol–water partition coefficient (Wildman–Crippen LogP) is 4.93. The van der Waals surface area contributed by atoms with Gasteiger partial charge in [-0.15, -0.1) is 0 Å². The summed E-state index contributed by atoms with van der Waals surface area (Å²) in [4.78, 5) is 9.43. The average molecular weight is 358 g/mol. The smallest absolute Gasteiger partial charge is 0.235 e. The average Bonchev–Trinajstić information content (AvgIpc) is 3.04. The van der Waals surface area contributed by atoms with Crippen LogP contribution in [0.4, 0.5) is 0 Å². The van der Waals surface area contributed by atoms with E-state index in [4.69, 9.17) is 10.7 Å². The number of benzene rings is 1. The SMILES string of the molecule is C=C/C=C\C=C(/C)c1cn2c(-c3ccc(C)cc3C)c(CN)c(C)nc2n1. The van der Waals surface area contributed by atoms with Crippen molar-refractivity contribution in [3.05, 3.63) is 83.4 Å². The lowest BCUT2D eigenvalue weighted by molar-refractivity contribution is 0.962. The first kappa shape index (κ1) is 18.8. The van der Waals surface area contributed by atoms with Crippen molar-refractivity contribution >= 4 is 11.4 Å². The summed E-state index contributed by atoms with van der Waals surface area (Å²) in [5.74, 6) is 0.690. The van der Waals surface area contributed by atoms with Gasteiger partial charge in [0.15, 0.2) is 0 Å². The van der Waals surface area contributed by atoms with Gasteiger partial charge >= 0.3 is 0 Å². The van der Waals surface area contributed by atoms with Gasteiger partial charge in [0.2, 0.25) is 5.78 Å². The summed E-state index contributed by atoms with van der Waals surface area (Å²) >= 11 is 0. The molecule has 27 heavy (non-hydrogen) atoms. The number of fused-ring (bicyclic) bond motifs is 1. The van der Waals surface area contributed by atoms with Crippen LogP contribution in [0.2, 0.25) is 0 Å². The zero-order chi connectivity index (χ0) is 19.6. The number of nitrogens with zero attached hydrogens (tertiary/aromatic N) is 3. The first-order valence-electron chi connectivity index (χ1n) is 9.09. The molecule has 0 saturated heterocycles. The molecule has 0 aliphatic rings. The van der Waals surface area contributed by atoms with Crippen molar-refractivity contribution in [1.29, 1.82) is 0 Å². The van der Waals surface area contributed by atoms with Crippen LogP contribution < -0.4 is 5.73 Å². The molecule has 0 amide bonds. The molecule has 2 heterocycles. The molecular weight excluding hydrogens is 332 g/mol. The van der Waals surface area contributed by atoms with Crippen LogP contribution in [-0.4, -0.2) is 14.4 Å². The highest BCUT2D eigenvalue weighted by atomic mass is 15.1. The molecule has 138 valence electrons. The van der Waals surface area contributed by atoms with E-state index in [1.165, 1.54) is 11.1 Å². The first-order chi connectivity index (χ1) is 13.0. The Hall–Kier alpha value is -2.98. The van der Waals surface area contributed by atoms with Crippen LogP contribution in [0, 0.1) is 20.8 Å². The molecular formula is C23H26N4. The number of allylic oxidation sites excluding steroid dienone is 5. The minimum absolute atomic E-state index is 0.432. The normalized spacial score (nSPS) is 12.3. The third-order valence-corrected chi connectivity index (χ3v) is 4.76. The van der Waals surface area contributed by atoms with Gasteiger partial charge in [-0.05, 0) is 38.8 Å². The Bertz CT molecular complexity index is 1070. The van der Waals surface area contributed by atoms with Gasteiger partial charge in [0.25, 0.3) is 0 Å². The second-order valence-electron chi connectivity index (χ2n) is 6.81. The Labute approximate surface area is 160 Å². The number of aromatic nitrogens is 3. The zero-order valence-electron chi connectivity index (χ0n) is 16.5. The fourth-order valence-corrected chi connectivity index (χ4v) is 3.32. The van der Waals surface area contributed by atoms with Crippen LogP contribution >= 0.6 is 0 Å². The summed E-state index contributed by atoms with van der Waals surface area (Å²) in [5.41, 5.74) is 14.7. The van der Waals surface area contributed by atoms with Gasteiger partial charge in [0.1, 0.15) is 0 Å². The van der Waals surface area contributed by atoms with Crippen molar-refractivity contribution < 1.29 is 0 Å². The molecule has 2 N–H and O–H groups in total. The molecule has 3 aromatic rings. The summed E-state index contributed by atoms with van der Waals surface area (Å²) in [6, 6.07) is 6.49. The maximum absolute atomic E-state index is 6.10. The maximum Gasteiger partial charge on any atom is 0.235 e. The molecule has 4 heteroatoms. The van der Waals surface area contributed by atoms with Gasteiger partial charge < -0.3 is 5.73 Å². The van der Waals surface area contributed by atoms with E-state index < -0.39 is 0 Å². The van der Waals surface area contributed by atoms with Gasteiger partial charge in [0.05, 0.1) is 11.4 Å². The molecule has 3 rings (SSSR count). The summed E-state index contributed by atoms with van der Waals surface area (Å²) in [7, 11) is 0. The van der Waals surface area contributed by atoms with Gasteiger partial charge in [-0.2, -0.15) is 0 Å². The summed E-state index contributed by atoms with van der Waals surface area (Å²) in [6.45, 7) is 12.4. The Kier molecular flexibility index (Phi) is 5.38. The monoisotopic (exact) mass is 358 g/mol. The van der Waals surface area contributed by atoms with E-state index in [9.17, 15) is 0 Å². The van der Waals surface area contributed by atoms with Crippen molar-refractivity contribution in [3.8, 4) is 11.3 Å². The fraction of sp³-hybridized carbons (Fsp3) is 0.217. The summed E-state index contributed by atoms with van der Waals surface area (Å²) in [6.07, 6.45) is 9.68. The molecule has 0 radical (unpaired) electrons. The van der Waals surface area contributed by atoms with Crippen LogP contribution in [0.25, 0.3) is 22.6 Å². The minimum Gasteiger partial charge on any atom is -0.326 e. The molecule has 0 saturated carbocycles. The van der Waals surface area contributed by atoms with Crippen LogP contribution in [0.1, 0.15) is 35.0 Å². The van der Waals surface area contributed by atoms with Gasteiger partial charge in [-0.3, -0.25) is 4.40 Å². The maximum atomic E-state index is 6.10. The van der Waals surface area contributed by atoms with Crippen LogP contribution in [0.15, 0.2) is 55.3 Å². The van der Waals surface area contributed by atoms with Crippen molar-refractivity contribution in [2.75, 3.05) is 0 Å². The van der Waals surface area contributed by atoms with Gasteiger partial charge in [0, 0.05) is 29.6 Å². The summed E-state index contributed by atoms with van der Waals surface area (Å²) in [5, 5.41) is 0. The van der Waals surface area contributed by atoms with E-state index in [1.807, 2.05) is 38.3 Å². The van der Waals surface area contributed by atoms with E-state index >= 15 is 0 Å². The molecule has 4 nitrogen and oxygen atoms in total. The van der Waals surface area contributed by atoms with E-state index in [0.717, 1.165) is 33.8 Å². The Balaban J connectivity index is 2.29. The molecule has 0 fully saturated rings. The molecule has 0 aliphatic carbocycles. The van der Waals surface area contributed by atoms with E-state index in [1.54, 1.807) is 6.08 Å². The molecule has 0 unspecified atom stereocenters. The number of aryl methyl sites for hydroxylation is 3. The highest BCUT2D eigenvalue weighted by Gasteiger charge is 2.17. The largest absolute Gasteiger partial charge is 0.326 e. The standard InChI is InChI=1S/C23H26N4/c1-6-7-8-9-16(3)21-14-27-22(19-11-10-15(2)12-17(19)4)20(13-24)18(5)25-23(27)26-21/h6-12,14H,1,13,24H2,2-5H3/b8-7-,16-9+. The highest BCUT2D eigenvalue weighted by molar-refractivity contribution is 5.72. The van der Waals surface area contributed by atoms with Crippen LogP contribution in [0.5, 0.6) is 0 Å². The van der Waals surface area contributed by atoms with Crippen molar-refractivity contribution in [1.82, 2.24) is 14.4 Å². The molecule has 0 spiro atoms. The Morgan fingerprint density at radius 2 is 1.96 bits per heavy atom. The van der Waals surface area contributed by atoms with Crippen molar-refractivity contribution in [3.63, 3.8) is 0 Å². The molecule has 0 bridgehead atoms. The predicted molar refractivity (Wildman–Crippen MR) is 114 cm³/mol. The third-order valence-electron chi connectivity index (χ3n) is 4.76. The lowest BCUT2D eigenvalue weighted by Crippen LogP contribution is -2.09. The minimum atomic E-state index is 0.432. The number of imidazole rings is 1. The lowest BCUT2D eigenvalue weighted by Gasteiger charge is -2.15. The second kappa shape index (κ2) is 7.72. The summed E-state index contributed by atoms with van der Waals surface area (Å²) < 4.78 is 2.07. The van der Waals surface area contributed by atoms with Gasteiger partial charge in [-0.25, -0.2) is 9.97 Å². The number of hydrogen-bond donors (Lipinski definition) is 1. The van der Waals surface area contributed by atoms with Crippen molar-refractivity contribution in [2.24, 2.45) is 5.73 Å². The quantitative estimate of drug-likeness (QED) is 0.658. The van der Waals surface area contributed by atoms with E-state index in [0.29, 0.717) is 12.3 Å². The molecule has 2 aromatic heterocycles. The molecule has 0 aliphatic heterocycles.